The quantitative estimate of drug-likeness (QED) is 0.478. The number of benzene rings is 1. The largest absolute Gasteiger partial charge is 0.448 e. The van der Waals surface area contributed by atoms with Gasteiger partial charge >= 0.3 is 12.2 Å². The Balaban J connectivity index is 1.83. The van der Waals surface area contributed by atoms with Crippen molar-refractivity contribution in [3.8, 4) is 0 Å². The lowest BCUT2D eigenvalue weighted by atomic mass is 10.1. The van der Waals surface area contributed by atoms with E-state index in [1.54, 1.807) is 38.1 Å². The summed E-state index contributed by atoms with van der Waals surface area (Å²) in [5.74, 6) is -0.572. The molecule has 0 radical (unpaired) electrons. The minimum absolute atomic E-state index is 0.167. The van der Waals surface area contributed by atoms with Gasteiger partial charge in [-0.1, -0.05) is 12.1 Å². The van der Waals surface area contributed by atoms with E-state index in [0.717, 1.165) is 0 Å². The van der Waals surface area contributed by atoms with Gasteiger partial charge in [-0.2, -0.15) is 0 Å². The van der Waals surface area contributed by atoms with Crippen LogP contribution in [0.1, 0.15) is 41.0 Å². The van der Waals surface area contributed by atoms with Crippen LogP contribution in [0.2, 0.25) is 0 Å². The number of nitrogens with one attached hydrogen (secondary N) is 2. The molecule has 0 saturated heterocycles. The maximum atomic E-state index is 12.5. The third-order valence-electron chi connectivity index (χ3n) is 4.66. The smallest absolute Gasteiger partial charge is 0.407 e. The van der Waals surface area contributed by atoms with Crippen molar-refractivity contribution in [2.24, 2.45) is 0 Å². The Labute approximate surface area is 181 Å². The average Bonchev–Trinajstić information content (AvgIpc) is 2.99. The van der Waals surface area contributed by atoms with Crippen LogP contribution in [0.15, 0.2) is 24.3 Å². The summed E-state index contributed by atoms with van der Waals surface area (Å²) in [7, 11) is 0. The Hall–Kier alpha value is -3.14. The summed E-state index contributed by atoms with van der Waals surface area (Å²) in [6, 6.07) is 6.77. The van der Waals surface area contributed by atoms with E-state index < -0.39 is 12.2 Å². The first kappa shape index (κ1) is 24.1. The second-order valence-corrected chi connectivity index (χ2v) is 6.84. The van der Waals surface area contributed by atoms with Gasteiger partial charge in [0.2, 0.25) is 0 Å². The second kappa shape index (κ2) is 12.5. The molecule has 10 heteroatoms. The van der Waals surface area contributed by atoms with Crippen molar-refractivity contribution >= 4 is 24.0 Å². The Kier molecular flexibility index (Phi) is 9.76. The van der Waals surface area contributed by atoms with E-state index in [1.807, 2.05) is 4.90 Å². The Morgan fingerprint density at radius 3 is 1.81 bits per heavy atom. The molecule has 170 valence electrons. The van der Waals surface area contributed by atoms with Gasteiger partial charge in [-0.15, -0.1) is 0 Å². The number of hydrogen-bond donors (Lipinski definition) is 2. The van der Waals surface area contributed by atoms with Crippen molar-refractivity contribution in [1.29, 1.82) is 0 Å². The lowest BCUT2D eigenvalue weighted by molar-refractivity contribution is 0.0638. The van der Waals surface area contributed by atoms with E-state index in [-0.39, 0.29) is 31.6 Å². The molecule has 0 saturated carbocycles. The van der Waals surface area contributed by atoms with E-state index in [9.17, 15) is 19.2 Å². The fourth-order valence-electron chi connectivity index (χ4n) is 3.16. The van der Waals surface area contributed by atoms with Gasteiger partial charge in [-0.25, -0.2) is 9.59 Å². The minimum atomic E-state index is -0.493. The summed E-state index contributed by atoms with van der Waals surface area (Å²) in [5, 5.41) is 5.10. The van der Waals surface area contributed by atoms with Crippen molar-refractivity contribution in [2.45, 2.75) is 20.3 Å². The first-order chi connectivity index (χ1) is 15.0. The van der Waals surface area contributed by atoms with Crippen LogP contribution in [0.5, 0.6) is 0 Å². The summed E-state index contributed by atoms with van der Waals surface area (Å²) in [6.07, 6.45) is -0.451. The lowest BCUT2D eigenvalue weighted by Gasteiger charge is -2.23. The molecule has 0 bridgehead atoms. The third kappa shape index (κ3) is 7.25. The molecule has 4 amide bonds. The molecule has 1 heterocycles. The monoisotopic (exact) mass is 434 g/mol. The second-order valence-electron chi connectivity index (χ2n) is 6.84. The van der Waals surface area contributed by atoms with E-state index in [1.165, 1.54) is 4.90 Å². The molecule has 1 aliphatic heterocycles. The topological polar surface area (TPSA) is 117 Å². The van der Waals surface area contributed by atoms with E-state index in [2.05, 4.69) is 10.6 Å². The van der Waals surface area contributed by atoms with E-state index in [0.29, 0.717) is 50.3 Å². The molecule has 10 nitrogen and oxygen atoms in total. The maximum Gasteiger partial charge on any atom is 0.407 e. The first-order valence-electron chi connectivity index (χ1n) is 10.5. The molecule has 1 aliphatic rings. The van der Waals surface area contributed by atoms with Crippen LogP contribution in [0.3, 0.4) is 0 Å². The highest BCUT2D eigenvalue weighted by atomic mass is 16.6. The number of ether oxygens (including phenoxy) is 2. The summed E-state index contributed by atoms with van der Waals surface area (Å²) >= 11 is 0. The minimum Gasteiger partial charge on any atom is -0.448 e. The van der Waals surface area contributed by atoms with Crippen molar-refractivity contribution in [3.63, 3.8) is 0 Å². The Morgan fingerprint density at radius 1 is 0.871 bits per heavy atom. The third-order valence-corrected chi connectivity index (χ3v) is 4.66. The van der Waals surface area contributed by atoms with Crippen molar-refractivity contribution < 1.29 is 28.7 Å². The summed E-state index contributed by atoms with van der Waals surface area (Å²) < 4.78 is 10.2. The van der Waals surface area contributed by atoms with Crippen molar-refractivity contribution in [1.82, 2.24) is 20.4 Å². The standard InChI is InChI=1S/C21H30N4O6/c1-3-22-20(28)30-14-12-24(13-15-31-21(29)23-4-2)10-7-11-25-18(26)16-8-5-6-9-17(16)19(25)27/h5-6,8-9H,3-4,7,10-15H2,1-2H3,(H,22,28)(H,23,29). The van der Waals surface area contributed by atoms with Gasteiger partial charge < -0.3 is 20.1 Å². The average molecular weight is 434 g/mol. The molecule has 1 aromatic rings. The fraction of sp³-hybridized carbons (Fsp3) is 0.524. The zero-order valence-corrected chi connectivity index (χ0v) is 18.0. The van der Waals surface area contributed by atoms with Gasteiger partial charge in [0.25, 0.3) is 11.8 Å². The van der Waals surface area contributed by atoms with Crippen LogP contribution < -0.4 is 10.6 Å². The highest BCUT2D eigenvalue weighted by Crippen LogP contribution is 2.22. The normalized spacial score (nSPS) is 12.7. The molecule has 0 fully saturated rings. The van der Waals surface area contributed by atoms with E-state index >= 15 is 0 Å². The number of amides is 4. The van der Waals surface area contributed by atoms with Crippen molar-refractivity contribution in [2.75, 3.05) is 52.5 Å². The van der Waals surface area contributed by atoms with Gasteiger partial charge in [0.05, 0.1) is 11.1 Å². The van der Waals surface area contributed by atoms with Crippen LogP contribution in [-0.4, -0.2) is 86.3 Å². The number of rotatable bonds is 12. The molecule has 31 heavy (non-hydrogen) atoms. The number of fused-ring (bicyclic) bond motifs is 1. The van der Waals surface area contributed by atoms with Crippen LogP contribution in [0.4, 0.5) is 9.59 Å². The number of hydrogen-bond acceptors (Lipinski definition) is 7. The summed E-state index contributed by atoms with van der Waals surface area (Å²) in [4.78, 5) is 51.0. The van der Waals surface area contributed by atoms with Gasteiger partial charge in [0.1, 0.15) is 13.2 Å². The first-order valence-corrected chi connectivity index (χ1v) is 10.5. The van der Waals surface area contributed by atoms with Crippen LogP contribution >= 0.6 is 0 Å². The van der Waals surface area contributed by atoms with Gasteiger partial charge in [-0.3, -0.25) is 19.4 Å². The van der Waals surface area contributed by atoms with Gasteiger partial charge in [-0.05, 0) is 32.4 Å². The highest BCUT2D eigenvalue weighted by Gasteiger charge is 2.34. The maximum absolute atomic E-state index is 12.5. The number of alkyl carbamates (subject to hydrolysis) is 2. The summed E-state index contributed by atoms with van der Waals surface area (Å²) in [6.45, 7) is 6.54. The molecular weight excluding hydrogens is 404 g/mol. The molecule has 1 aromatic carbocycles. The molecule has 2 N–H and O–H groups in total. The zero-order valence-electron chi connectivity index (χ0n) is 18.0. The molecule has 0 aliphatic carbocycles. The van der Waals surface area contributed by atoms with Crippen LogP contribution in [0, 0.1) is 0 Å². The van der Waals surface area contributed by atoms with Crippen LogP contribution in [0.25, 0.3) is 0 Å². The van der Waals surface area contributed by atoms with Gasteiger partial charge in [0.15, 0.2) is 0 Å². The number of carbonyl (C=O) groups excluding carboxylic acids is 4. The van der Waals surface area contributed by atoms with E-state index in [4.69, 9.17) is 9.47 Å². The SMILES string of the molecule is CCNC(=O)OCCN(CCCN1C(=O)c2ccccc2C1=O)CCOC(=O)NCC. The Morgan fingerprint density at radius 2 is 1.35 bits per heavy atom. The number of carbonyl (C=O) groups is 4. The number of imide groups is 1. The molecule has 0 aromatic heterocycles. The number of nitrogens with zero attached hydrogens (tertiary/aromatic N) is 2. The summed E-state index contributed by atoms with van der Waals surface area (Å²) in [5.41, 5.74) is 0.852. The molecule has 0 spiro atoms. The van der Waals surface area contributed by atoms with Crippen LogP contribution in [-0.2, 0) is 9.47 Å². The highest BCUT2D eigenvalue weighted by molar-refractivity contribution is 6.21. The predicted molar refractivity (Wildman–Crippen MR) is 113 cm³/mol. The molecular formula is C21H30N4O6. The zero-order chi connectivity index (χ0) is 22.6. The predicted octanol–water partition coefficient (Wildman–Crippen LogP) is 1.47. The lowest BCUT2D eigenvalue weighted by Crippen LogP contribution is -2.37. The van der Waals surface area contributed by atoms with Crippen molar-refractivity contribution in [3.05, 3.63) is 35.4 Å². The molecule has 0 unspecified atom stereocenters. The molecule has 2 rings (SSSR count). The molecule has 0 atom stereocenters. The van der Waals surface area contributed by atoms with Gasteiger partial charge in [0, 0.05) is 39.3 Å². The fourth-order valence-corrected chi connectivity index (χ4v) is 3.16. The Bertz CT molecular complexity index is 726.